The van der Waals surface area contributed by atoms with Gasteiger partial charge in [0.25, 0.3) is 0 Å². The van der Waals surface area contributed by atoms with Crippen LogP contribution in [0.2, 0.25) is 0 Å². The minimum absolute atomic E-state index is 0.483. The van der Waals surface area contributed by atoms with Crippen molar-refractivity contribution in [1.82, 2.24) is 15.8 Å². The zero-order valence-electron chi connectivity index (χ0n) is 7.25. The SMILES string of the molecule is C1=c2ncccc2=C2CNNC2C1. The average Bonchev–Trinajstić information content (AvgIpc) is 2.65. The molecule has 2 N–H and O–H groups in total. The molecule has 1 aliphatic heterocycles. The smallest absolute Gasteiger partial charge is 0.0663 e. The summed E-state index contributed by atoms with van der Waals surface area (Å²) in [5.74, 6) is 0. The summed E-state index contributed by atoms with van der Waals surface area (Å²) in [7, 11) is 0. The molecule has 0 saturated carbocycles. The van der Waals surface area contributed by atoms with Gasteiger partial charge < -0.3 is 0 Å². The minimum Gasteiger partial charge on any atom is -0.257 e. The monoisotopic (exact) mass is 173 g/mol. The summed E-state index contributed by atoms with van der Waals surface area (Å²) in [5, 5.41) is 2.44. The predicted octanol–water partition coefficient (Wildman–Crippen LogP) is -1.11. The maximum absolute atomic E-state index is 4.35. The van der Waals surface area contributed by atoms with E-state index >= 15 is 0 Å². The lowest BCUT2D eigenvalue weighted by Gasteiger charge is -2.12. The van der Waals surface area contributed by atoms with E-state index in [2.05, 4.69) is 28.0 Å². The highest BCUT2D eigenvalue weighted by molar-refractivity contribution is 5.58. The van der Waals surface area contributed by atoms with Gasteiger partial charge in [-0.05, 0) is 18.1 Å². The van der Waals surface area contributed by atoms with E-state index in [-0.39, 0.29) is 0 Å². The Morgan fingerprint density at radius 1 is 1.46 bits per heavy atom. The van der Waals surface area contributed by atoms with E-state index in [1.54, 1.807) is 0 Å². The van der Waals surface area contributed by atoms with Crippen molar-refractivity contribution in [1.29, 1.82) is 0 Å². The molecule has 1 aromatic rings. The van der Waals surface area contributed by atoms with Gasteiger partial charge in [-0.1, -0.05) is 12.1 Å². The molecule has 1 atom stereocenters. The van der Waals surface area contributed by atoms with Gasteiger partial charge in [0.05, 0.1) is 5.35 Å². The number of pyridine rings is 1. The van der Waals surface area contributed by atoms with E-state index in [9.17, 15) is 0 Å². The summed E-state index contributed by atoms with van der Waals surface area (Å²) in [6.45, 7) is 0.942. The van der Waals surface area contributed by atoms with Gasteiger partial charge in [-0.2, -0.15) is 0 Å². The molecule has 2 heterocycles. The molecule has 3 rings (SSSR count). The highest BCUT2D eigenvalue weighted by Crippen LogP contribution is 2.11. The first-order valence-corrected chi connectivity index (χ1v) is 4.58. The van der Waals surface area contributed by atoms with Crippen LogP contribution < -0.4 is 21.4 Å². The largest absolute Gasteiger partial charge is 0.257 e. The number of fused-ring (bicyclic) bond motifs is 2. The topological polar surface area (TPSA) is 37.0 Å². The molecular formula is C10H11N3. The third kappa shape index (κ3) is 1.01. The Balaban J connectivity index is 2.38. The van der Waals surface area contributed by atoms with Crippen LogP contribution in [-0.2, 0) is 0 Å². The molecule has 0 bridgehead atoms. The molecule has 3 nitrogen and oxygen atoms in total. The Bertz CT molecular complexity index is 449. The van der Waals surface area contributed by atoms with Crippen LogP contribution in [0.4, 0.5) is 0 Å². The van der Waals surface area contributed by atoms with E-state index < -0.39 is 0 Å². The number of hydrazine groups is 1. The lowest BCUT2D eigenvalue weighted by atomic mass is 9.99. The minimum atomic E-state index is 0.483. The van der Waals surface area contributed by atoms with Crippen LogP contribution in [0.25, 0.3) is 11.6 Å². The molecule has 1 unspecified atom stereocenters. The summed E-state index contributed by atoms with van der Waals surface area (Å²) in [6.07, 6.45) is 5.10. The lowest BCUT2D eigenvalue weighted by Crippen LogP contribution is -2.38. The first-order valence-electron chi connectivity index (χ1n) is 4.58. The molecule has 1 aromatic heterocycles. The van der Waals surface area contributed by atoms with Gasteiger partial charge in [-0.15, -0.1) is 0 Å². The van der Waals surface area contributed by atoms with Gasteiger partial charge in [0.15, 0.2) is 0 Å². The zero-order valence-corrected chi connectivity index (χ0v) is 7.25. The van der Waals surface area contributed by atoms with Gasteiger partial charge in [0.1, 0.15) is 0 Å². The fourth-order valence-corrected chi connectivity index (χ4v) is 2.05. The Morgan fingerprint density at radius 2 is 2.46 bits per heavy atom. The fourth-order valence-electron chi connectivity index (χ4n) is 2.05. The average molecular weight is 173 g/mol. The molecule has 0 aromatic carbocycles. The van der Waals surface area contributed by atoms with E-state index in [4.69, 9.17) is 0 Å². The van der Waals surface area contributed by atoms with E-state index in [1.807, 2.05) is 12.3 Å². The van der Waals surface area contributed by atoms with Crippen LogP contribution >= 0.6 is 0 Å². The lowest BCUT2D eigenvalue weighted by molar-refractivity contribution is 0.592. The quantitative estimate of drug-likeness (QED) is 0.522. The number of aromatic nitrogens is 1. The molecule has 66 valence electrons. The second-order valence-corrected chi connectivity index (χ2v) is 3.45. The van der Waals surface area contributed by atoms with Gasteiger partial charge >= 0.3 is 0 Å². The Hall–Kier alpha value is -1.19. The molecule has 0 spiro atoms. The van der Waals surface area contributed by atoms with Crippen molar-refractivity contribution >= 4 is 11.6 Å². The highest BCUT2D eigenvalue weighted by Gasteiger charge is 2.21. The van der Waals surface area contributed by atoms with E-state index in [1.165, 1.54) is 10.8 Å². The van der Waals surface area contributed by atoms with Gasteiger partial charge in [-0.25, -0.2) is 5.43 Å². The van der Waals surface area contributed by atoms with Crippen molar-refractivity contribution in [2.75, 3.05) is 6.54 Å². The normalized spacial score (nSPS) is 24.9. The van der Waals surface area contributed by atoms with Crippen molar-refractivity contribution in [3.05, 3.63) is 28.9 Å². The predicted molar refractivity (Wildman–Crippen MR) is 50.9 cm³/mol. The van der Waals surface area contributed by atoms with Crippen molar-refractivity contribution < 1.29 is 0 Å². The molecule has 1 aliphatic carbocycles. The van der Waals surface area contributed by atoms with Crippen molar-refractivity contribution in [2.24, 2.45) is 0 Å². The second-order valence-electron chi connectivity index (χ2n) is 3.45. The first-order chi connectivity index (χ1) is 6.45. The third-order valence-corrected chi connectivity index (χ3v) is 2.71. The number of rotatable bonds is 0. The van der Waals surface area contributed by atoms with Gasteiger partial charge in [0, 0.05) is 24.0 Å². The fraction of sp³-hybridized carbons (Fsp3) is 0.300. The highest BCUT2D eigenvalue weighted by atomic mass is 15.4. The van der Waals surface area contributed by atoms with E-state index in [0.717, 1.165) is 18.3 Å². The Morgan fingerprint density at radius 3 is 3.46 bits per heavy atom. The van der Waals surface area contributed by atoms with Crippen LogP contribution in [0.15, 0.2) is 18.3 Å². The van der Waals surface area contributed by atoms with Crippen molar-refractivity contribution in [3.8, 4) is 0 Å². The molecule has 0 amide bonds. The zero-order chi connectivity index (χ0) is 8.67. The van der Waals surface area contributed by atoms with Crippen molar-refractivity contribution in [3.63, 3.8) is 0 Å². The second kappa shape index (κ2) is 2.65. The van der Waals surface area contributed by atoms with Crippen LogP contribution in [0.1, 0.15) is 6.42 Å². The molecule has 2 aliphatic rings. The molecule has 1 saturated heterocycles. The summed E-state index contributed by atoms with van der Waals surface area (Å²) >= 11 is 0. The third-order valence-electron chi connectivity index (χ3n) is 2.71. The number of hydrogen-bond acceptors (Lipinski definition) is 3. The Kier molecular flexibility index (Phi) is 1.48. The molecular weight excluding hydrogens is 162 g/mol. The first kappa shape index (κ1) is 7.24. The molecule has 1 fully saturated rings. The standard InChI is InChI=1S/C10H11N3/c1-2-7-8-6-12-13-10(8)4-3-9(7)11-5-1/h1-3,5,10,12-13H,4,6H2. The molecule has 0 radical (unpaired) electrons. The summed E-state index contributed by atoms with van der Waals surface area (Å²) in [5.41, 5.74) is 7.87. The van der Waals surface area contributed by atoms with Crippen LogP contribution in [0.3, 0.4) is 0 Å². The van der Waals surface area contributed by atoms with Crippen LogP contribution in [-0.4, -0.2) is 17.6 Å². The van der Waals surface area contributed by atoms with Crippen LogP contribution in [0.5, 0.6) is 0 Å². The van der Waals surface area contributed by atoms with Gasteiger partial charge in [0.2, 0.25) is 0 Å². The number of nitrogens with zero attached hydrogens (tertiary/aromatic N) is 1. The van der Waals surface area contributed by atoms with Gasteiger partial charge in [-0.3, -0.25) is 10.4 Å². The maximum Gasteiger partial charge on any atom is 0.0663 e. The Labute approximate surface area is 76.2 Å². The molecule has 3 heteroatoms. The van der Waals surface area contributed by atoms with Crippen LogP contribution in [0, 0.1) is 0 Å². The molecule has 13 heavy (non-hydrogen) atoms. The van der Waals surface area contributed by atoms with Crippen molar-refractivity contribution in [2.45, 2.75) is 12.5 Å². The number of hydrogen-bond donors (Lipinski definition) is 2. The van der Waals surface area contributed by atoms with E-state index in [0.29, 0.717) is 6.04 Å². The summed E-state index contributed by atoms with van der Waals surface area (Å²) < 4.78 is 0. The number of nitrogens with one attached hydrogen (secondary N) is 2. The summed E-state index contributed by atoms with van der Waals surface area (Å²) in [4.78, 5) is 4.35. The summed E-state index contributed by atoms with van der Waals surface area (Å²) in [6, 6.07) is 4.63. The maximum atomic E-state index is 4.35.